The van der Waals surface area contributed by atoms with Gasteiger partial charge in [0, 0.05) is 18.3 Å². The molecule has 1 aliphatic rings. The minimum absolute atomic E-state index is 0.0583. The summed E-state index contributed by atoms with van der Waals surface area (Å²) in [5.41, 5.74) is 7.44. The Bertz CT molecular complexity index is 490. The van der Waals surface area contributed by atoms with Crippen molar-refractivity contribution in [3.8, 4) is 5.75 Å². The van der Waals surface area contributed by atoms with Gasteiger partial charge in [0.15, 0.2) is 0 Å². The smallest absolute Gasteiger partial charge is 0.239 e. The lowest BCUT2D eigenvalue weighted by Crippen LogP contribution is -2.45. The number of nitrogens with zero attached hydrogens (tertiary/aromatic N) is 1. The van der Waals surface area contributed by atoms with Gasteiger partial charge in [-0.3, -0.25) is 4.79 Å². The Kier molecular flexibility index (Phi) is 5.31. The number of carbonyl (C=O) groups is 1. The van der Waals surface area contributed by atoms with Crippen LogP contribution in [-0.4, -0.2) is 31.6 Å². The highest BCUT2D eigenvalue weighted by atomic mass is 16.5. The van der Waals surface area contributed by atoms with Gasteiger partial charge in [0.05, 0.1) is 18.8 Å². The summed E-state index contributed by atoms with van der Waals surface area (Å²) in [5, 5.41) is 2.96. The molecule has 1 aromatic carbocycles. The summed E-state index contributed by atoms with van der Waals surface area (Å²) in [7, 11) is 0. The fourth-order valence-corrected chi connectivity index (χ4v) is 2.44. The number of carbonyl (C=O) groups excluding carboxylic acids is 1. The standard InChI is InChI=1S/C16H25N3O2/c1-3-5-8-18-16(20)11-19-10-13(4-2)21-15-9-12(17)6-7-14(15)19/h6-7,9,13H,3-5,8,10-11,17H2,1-2H3,(H,18,20). The van der Waals surface area contributed by atoms with E-state index < -0.39 is 0 Å². The molecular formula is C16H25N3O2. The molecule has 1 unspecified atom stereocenters. The maximum Gasteiger partial charge on any atom is 0.239 e. The molecule has 1 aromatic rings. The SMILES string of the molecule is CCCCNC(=O)CN1CC(CC)Oc2cc(N)ccc21. The van der Waals surface area contributed by atoms with Crippen LogP contribution in [0, 0.1) is 0 Å². The topological polar surface area (TPSA) is 67.6 Å². The molecule has 2 rings (SSSR count). The van der Waals surface area contributed by atoms with Gasteiger partial charge in [-0.2, -0.15) is 0 Å². The van der Waals surface area contributed by atoms with E-state index >= 15 is 0 Å². The first-order chi connectivity index (χ1) is 10.1. The van der Waals surface area contributed by atoms with Gasteiger partial charge in [-0.15, -0.1) is 0 Å². The Labute approximate surface area is 126 Å². The third-order valence-electron chi connectivity index (χ3n) is 3.68. The summed E-state index contributed by atoms with van der Waals surface area (Å²) in [6.45, 7) is 6.03. The minimum Gasteiger partial charge on any atom is -0.486 e. The second kappa shape index (κ2) is 7.20. The van der Waals surface area contributed by atoms with E-state index in [1.807, 2.05) is 18.2 Å². The molecule has 1 heterocycles. The molecule has 116 valence electrons. The van der Waals surface area contributed by atoms with E-state index in [1.54, 1.807) is 0 Å². The van der Waals surface area contributed by atoms with E-state index in [2.05, 4.69) is 24.1 Å². The number of benzene rings is 1. The van der Waals surface area contributed by atoms with E-state index in [1.165, 1.54) is 0 Å². The van der Waals surface area contributed by atoms with Gasteiger partial charge in [-0.1, -0.05) is 20.3 Å². The Morgan fingerprint density at radius 2 is 2.29 bits per heavy atom. The number of amides is 1. The zero-order valence-corrected chi connectivity index (χ0v) is 12.9. The van der Waals surface area contributed by atoms with Crippen molar-refractivity contribution in [1.29, 1.82) is 0 Å². The van der Waals surface area contributed by atoms with Gasteiger partial charge < -0.3 is 20.7 Å². The quantitative estimate of drug-likeness (QED) is 0.622. The molecule has 21 heavy (non-hydrogen) atoms. The molecule has 0 saturated heterocycles. The summed E-state index contributed by atoms with van der Waals surface area (Å²) in [5.74, 6) is 0.831. The highest BCUT2D eigenvalue weighted by Crippen LogP contribution is 2.35. The highest BCUT2D eigenvalue weighted by molar-refractivity contribution is 5.82. The van der Waals surface area contributed by atoms with Gasteiger partial charge in [-0.25, -0.2) is 0 Å². The summed E-state index contributed by atoms with van der Waals surface area (Å²) < 4.78 is 5.92. The van der Waals surface area contributed by atoms with Crippen LogP contribution >= 0.6 is 0 Å². The molecule has 0 aliphatic carbocycles. The summed E-state index contributed by atoms with van der Waals surface area (Å²) >= 11 is 0. The molecule has 0 bridgehead atoms. The molecule has 0 spiro atoms. The molecule has 0 aromatic heterocycles. The fourth-order valence-electron chi connectivity index (χ4n) is 2.44. The van der Waals surface area contributed by atoms with Crippen LogP contribution < -0.4 is 20.7 Å². The van der Waals surface area contributed by atoms with Crippen LogP contribution in [0.2, 0.25) is 0 Å². The van der Waals surface area contributed by atoms with Crippen molar-refractivity contribution in [3.63, 3.8) is 0 Å². The maximum absolute atomic E-state index is 12.0. The predicted molar refractivity (Wildman–Crippen MR) is 85.7 cm³/mol. The molecule has 1 amide bonds. The van der Waals surface area contributed by atoms with Gasteiger partial charge >= 0.3 is 0 Å². The fraction of sp³-hybridized carbons (Fsp3) is 0.562. The van der Waals surface area contributed by atoms with Gasteiger partial charge in [-0.05, 0) is 25.0 Å². The van der Waals surface area contributed by atoms with Crippen molar-refractivity contribution < 1.29 is 9.53 Å². The Morgan fingerprint density at radius 3 is 3.00 bits per heavy atom. The Hall–Kier alpha value is -1.91. The average Bonchev–Trinajstić information content (AvgIpc) is 2.46. The molecule has 3 N–H and O–H groups in total. The van der Waals surface area contributed by atoms with E-state index in [0.29, 0.717) is 12.2 Å². The normalized spacial score (nSPS) is 17.0. The number of rotatable bonds is 6. The van der Waals surface area contributed by atoms with Crippen LogP contribution in [0.1, 0.15) is 33.1 Å². The lowest BCUT2D eigenvalue weighted by atomic mass is 10.1. The number of nitrogen functional groups attached to an aromatic ring is 1. The summed E-state index contributed by atoms with van der Waals surface area (Å²) in [4.78, 5) is 14.1. The van der Waals surface area contributed by atoms with Crippen molar-refractivity contribution >= 4 is 17.3 Å². The van der Waals surface area contributed by atoms with Crippen LogP contribution in [0.25, 0.3) is 0 Å². The van der Waals surface area contributed by atoms with Crippen LogP contribution in [-0.2, 0) is 4.79 Å². The van der Waals surface area contributed by atoms with Crippen LogP contribution in [0.15, 0.2) is 18.2 Å². The molecule has 1 atom stereocenters. The molecular weight excluding hydrogens is 266 g/mol. The zero-order valence-electron chi connectivity index (χ0n) is 12.9. The zero-order chi connectivity index (χ0) is 15.2. The van der Waals surface area contributed by atoms with Crippen molar-refractivity contribution in [1.82, 2.24) is 5.32 Å². The average molecular weight is 291 g/mol. The number of anilines is 2. The predicted octanol–water partition coefficient (Wildman–Crippen LogP) is 2.16. The van der Waals surface area contributed by atoms with Crippen molar-refractivity contribution in [2.45, 2.75) is 39.2 Å². The number of fused-ring (bicyclic) bond motifs is 1. The molecule has 0 fully saturated rings. The van der Waals surface area contributed by atoms with E-state index in [9.17, 15) is 4.79 Å². The Balaban J connectivity index is 2.06. The largest absolute Gasteiger partial charge is 0.486 e. The lowest BCUT2D eigenvalue weighted by Gasteiger charge is -2.35. The third-order valence-corrected chi connectivity index (χ3v) is 3.68. The first kappa shape index (κ1) is 15.5. The van der Waals surface area contributed by atoms with Crippen LogP contribution in [0.3, 0.4) is 0 Å². The van der Waals surface area contributed by atoms with E-state index in [-0.39, 0.29) is 12.0 Å². The first-order valence-electron chi connectivity index (χ1n) is 7.71. The number of nitrogens with one attached hydrogen (secondary N) is 1. The van der Waals surface area contributed by atoms with Gasteiger partial charge in [0.2, 0.25) is 5.91 Å². The summed E-state index contributed by atoms with van der Waals surface area (Å²) in [6, 6.07) is 5.60. The molecule has 0 radical (unpaired) electrons. The van der Waals surface area contributed by atoms with E-state index in [0.717, 1.165) is 43.8 Å². The number of unbranched alkanes of at least 4 members (excludes halogenated alkanes) is 1. The highest BCUT2D eigenvalue weighted by Gasteiger charge is 2.26. The lowest BCUT2D eigenvalue weighted by molar-refractivity contribution is -0.119. The maximum atomic E-state index is 12.0. The van der Waals surface area contributed by atoms with Gasteiger partial charge in [0.1, 0.15) is 11.9 Å². The second-order valence-corrected chi connectivity index (χ2v) is 5.46. The molecule has 5 heteroatoms. The van der Waals surface area contributed by atoms with E-state index in [4.69, 9.17) is 10.5 Å². The van der Waals surface area contributed by atoms with Gasteiger partial charge in [0.25, 0.3) is 0 Å². The summed E-state index contributed by atoms with van der Waals surface area (Å²) in [6.07, 6.45) is 3.10. The van der Waals surface area contributed by atoms with Crippen molar-refractivity contribution in [2.75, 3.05) is 30.3 Å². The monoisotopic (exact) mass is 291 g/mol. The molecule has 5 nitrogen and oxygen atoms in total. The van der Waals surface area contributed by atoms with Crippen LogP contribution in [0.4, 0.5) is 11.4 Å². The molecule has 1 aliphatic heterocycles. The third kappa shape index (κ3) is 4.03. The second-order valence-electron chi connectivity index (χ2n) is 5.46. The number of hydrogen-bond donors (Lipinski definition) is 2. The minimum atomic E-state index is 0.0583. The van der Waals surface area contributed by atoms with Crippen molar-refractivity contribution in [2.24, 2.45) is 0 Å². The Morgan fingerprint density at radius 1 is 1.48 bits per heavy atom. The number of hydrogen-bond acceptors (Lipinski definition) is 4. The number of nitrogens with two attached hydrogens (primary N) is 1. The number of ether oxygens (including phenoxy) is 1. The first-order valence-corrected chi connectivity index (χ1v) is 7.71. The van der Waals surface area contributed by atoms with Crippen LogP contribution in [0.5, 0.6) is 5.75 Å². The van der Waals surface area contributed by atoms with Crippen molar-refractivity contribution in [3.05, 3.63) is 18.2 Å². The molecule has 0 saturated carbocycles.